The normalized spacial score (nSPS) is 10.7. The lowest BCUT2D eigenvalue weighted by Crippen LogP contribution is -2.15. The molecular weight excluding hydrogens is 296 g/mol. The van der Waals surface area contributed by atoms with Crippen LogP contribution in [0.25, 0.3) is 10.8 Å². The quantitative estimate of drug-likeness (QED) is 0.591. The van der Waals surface area contributed by atoms with E-state index in [9.17, 15) is 14.9 Å². The number of aromatic nitrogens is 2. The zero-order chi connectivity index (χ0) is 16.4. The molecule has 1 aromatic heterocycles. The first kappa shape index (κ1) is 14.7. The second-order valence-corrected chi connectivity index (χ2v) is 4.96. The number of benzene rings is 2. The van der Waals surface area contributed by atoms with E-state index >= 15 is 0 Å². The van der Waals surface area contributed by atoms with E-state index in [1.807, 2.05) is 36.4 Å². The largest absolute Gasteiger partial charge is 0.320 e. The van der Waals surface area contributed by atoms with Crippen molar-refractivity contribution in [3.8, 4) is 0 Å². The Morgan fingerprint density at radius 2 is 2.00 bits per heavy atom. The molecule has 0 radical (unpaired) electrons. The number of hydrogen-bond acceptors (Lipinski definition) is 4. The monoisotopic (exact) mass is 310 g/mol. The van der Waals surface area contributed by atoms with Gasteiger partial charge in [0.1, 0.15) is 6.20 Å². The first-order chi connectivity index (χ1) is 11.1. The summed E-state index contributed by atoms with van der Waals surface area (Å²) >= 11 is 0. The maximum absolute atomic E-state index is 12.4. The number of carbonyl (C=O) groups excluding carboxylic acids is 1. The summed E-state index contributed by atoms with van der Waals surface area (Å²) < 4.78 is 1.37. The van der Waals surface area contributed by atoms with E-state index in [0.29, 0.717) is 12.2 Å². The molecule has 0 aliphatic carbocycles. The molecule has 0 aliphatic heterocycles. The van der Waals surface area contributed by atoms with Gasteiger partial charge in [-0.2, -0.15) is 5.10 Å². The second kappa shape index (κ2) is 5.88. The van der Waals surface area contributed by atoms with Crippen LogP contribution in [-0.2, 0) is 6.54 Å². The number of anilines is 1. The van der Waals surface area contributed by atoms with Crippen LogP contribution in [0.5, 0.6) is 0 Å². The molecule has 0 saturated heterocycles. The van der Waals surface area contributed by atoms with Crippen molar-refractivity contribution in [3.05, 3.63) is 64.5 Å². The van der Waals surface area contributed by atoms with E-state index in [-0.39, 0.29) is 11.4 Å². The van der Waals surface area contributed by atoms with Crippen LogP contribution in [0.1, 0.15) is 17.4 Å². The molecule has 2 aromatic carbocycles. The fourth-order valence-corrected chi connectivity index (χ4v) is 2.38. The van der Waals surface area contributed by atoms with Gasteiger partial charge in [0.2, 0.25) is 5.69 Å². The number of aryl methyl sites for hydroxylation is 1. The van der Waals surface area contributed by atoms with Gasteiger partial charge in [-0.05, 0) is 18.4 Å². The summed E-state index contributed by atoms with van der Waals surface area (Å²) in [4.78, 5) is 22.9. The highest BCUT2D eigenvalue weighted by atomic mass is 16.6. The molecule has 0 atom stereocenters. The molecule has 1 N–H and O–H groups in total. The average Bonchev–Trinajstić information content (AvgIpc) is 3.00. The van der Waals surface area contributed by atoms with E-state index in [1.54, 1.807) is 13.0 Å². The number of fused-ring (bicyclic) bond motifs is 1. The van der Waals surface area contributed by atoms with Gasteiger partial charge >= 0.3 is 5.69 Å². The summed E-state index contributed by atoms with van der Waals surface area (Å²) in [5.41, 5.74) is 0.0998. The molecule has 7 heteroatoms. The van der Waals surface area contributed by atoms with Gasteiger partial charge in [-0.25, -0.2) is 0 Å². The van der Waals surface area contributed by atoms with Gasteiger partial charge < -0.3 is 5.32 Å². The standard InChI is InChI=1S/C16H14N4O3/c1-2-19-10-14(20(22)23)15(18-19)16(21)17-13-9-5-7-11-6-3-4-8-12(11)13/h3-10H,2H2,1H3,(H,17,21). The molecule has 23 heavy (non-hydrogen) atoms. The van der Waals surface area contributed by atoms with Crippen LogP contribution in [0.15, 0.2) is 48.7 Å². The zero-order valence-corrected chi connectivity index (χ0v) is 12.4. The fourth-order valence-electron chi connectivity index (χ4n) is 2.38. The van der Waals surface area contributed by atoms with Gasteiger partial charge in [0.05, 0.1) is 4.92 Å². The van der Waals surface area contributed by atoms with E-state index < -0.39 is 10.8 Å². The molecule has 7 nitrogen and oxygen atoms in total. The number of carbonyl (C=O) groups is 1. The molecule has 0 spiro atoms. The Morgan fingerprint density at radius 3 is 2.74 bits per heavy atom. The number of nitrogens with zero attached hydrogens (tertiary/aromatic N) is 3. The minimum atomic E-state index is -0.600. The number of amides is 1. The Bertz CT molecular complexity index is 896. The minimum absolute atomic E-state index is 0.190. The van der Waals surface area contributed by atoms with Crippen molar-refractivity contribution in [2.45, 2.75) is 13.5 Å². The topological polar surface area (TPSA) is 90.1 Å². The lowest BCUT2D eigenvalue weighted by molar-refractivity contribution is -0.385. The summed E-state index contributed by atoms with van der Waals surface area (Å²) in [6, 6.07) is 13.1. The predicted molar refractivity (Wildman–Crippen MR) is 86.5 cm³/mol. The predicted octanol–water partition coefficient (Wildman–Crippen LogP) is 3.22. The average molecular weight is 310 g/mol. The molecule has 0 aliphatic rings. The Labute approximate surface area is 131 Å². The fraction of sp³-hybridized carbons (Fsp3) is 0.125. The molecule has 0 saturated carbocycles. The Hall–Kier alpha value is -3.22. The van der Waals surface area contributed by atoms with Crippen LogP contribution in [0.2, 0.25) is 0 Å². The first-order valence-corrected chi connectivity index (χ1v) is 7.11. The number of nitrogens with one attached hydrogen (secondary N) is 1. The summed E-state index contributed by atoms with van der Waals surface area (Å²) in [6.45, 7) is 2.24. The molecule has 1 amide bonds. The number of nitro groups is 1. The molecule has 0 bridgehead atoms. The molecule has 0 fully saturated rings. The third-order valence-corrected chi connectivity index (χ3v) is 3.52. The van der Waals surface area contributed by atoms with E-state index in [2.05, 4.69) is 10.4 Å². The van der Waals surface area contributed by atoms with Crippen molar-refractivity contribution in [3.63, 3.8) is 0 Å². The Morgan fingerprint density at radius 1 is 1.26 bits per heavy atom. The summed E-state index contributed by atoms with van der Waals surface area (Å²) in [5, 5.41) is 19.6. The highest BCUT2D eigenvalue weighted by molar-refractivity contribution is 6.09. The Kier molecular flexibility index (Phi) is 3.76. The van der Waals surface area contributed by atoms with Gasteiger partial charge in [-0.1, -0.05) is 36.4 Å². The van der Waals surface area contributed by atoms with Crippen molar-refractivity contribution in [2.24, 2.45) is 0 Å². The Balaban J connectivity index is 1.98. The minimum Gasteiger partial charge on any atom is -0.320 e. The molecule has 0 unspecified atom stereocenters. The summed E-state index contributed by atoms with van der Waals surface area (Å²) in [5.74, 6) is -0.597. The van der Waals surface area contributed by atoms with Crippen LogP contribution < -0.4 is 5.32 Å². The second-order valence-electron chi connectivity index (χ2n) is 4.96. The molecule has 116 valence electrons. The number of hydrogen-bond donors (Lipinski definition) is 1. The van der Waals surface area contributed by atoms with Crippen molar-refractivity contribution < 1.29 is 9.72 Å². The zero-order valence-electron chi connectivity index (χ0n) is 12.4. The van der Waals surface area contributed by atoms with Gasteiger partial charge in [-0.15, -0.1) is 0 Å². The SMILES string of the molecule is CCn1cc([N+](=O)[O-])c(C(=O)Nc2cccc3ccccc23)n1. The molecule has 1 heterocycles. The lowest BCUT2D eigenvalue weighted by atomic mass is 10.1. The van der Waals surface area contributed by atoms with Crippen LogP contribution in [0.4, 0.5) is 11.4 Å². The summed E-state index contributed by atoms with van der Waals surface area (Å²) in [7, 11) is 0. The molecular formula is C16H14N4O3. The molecule has 3 rings (SSSR count). The van der Waals surface area contributed by atoms with E-state index in [1.165, 1.54) is 10.9 Å². The van der Waals surface area contributed by atoms with Gasteiger partial charge in [0.25, 0.3) is 5.91 Å². The van der Waals surface area contributed by atoms with Crippen LogP contribution in [-0.4, -0.2) is 20.6 Å². The van der Waals surface area contributed by atoms with Crippen molar-refractivity contribution in [2.75, 3.05) is 5.32 Å². The lowest BCUT2D eigenvalue weighted by Gasteiger charge is -2.07. The van der Waals surface area contributed by atoms with Crippen molar-refractivity contribution in [1.82, 2.24) is 9.78 Å². The maximum atomic E-state index is 12.4. The smallest absolute Gasteiger partial charge is 0.320 e. The van der Waals surface area contributed by atoms with Crippen molar-refractivity contribution in [1.29, 1.82) is 0 Å². The van der Waals surface area contributed by atoms with Gasteiger partial charge in [0.15, 0.2) is 0 Å². The third-order valence-electron chi connectivity index (χ3n) is 3.52. The first-order valence-electron chi connectivity index (χ1n) is 7.11. The highest BCUT2D eigenvalue weighted by Crippen LogP contribution is 2.25. The van der Waals surface area contributed by atoms with Crippen LogP contribution in [0.3, 0.4) is 0 Å². The van der Waals surface area contributed by atoms with Crippen LogP contribution >= 0.6 is 0 Å². The number of rotatable bonds is 4. The van der Waals surface area contributed by atoms with Crippen molar-refractivity contribution >= 4 is 28.1 Å². The maximum Gasteiger partial charge on any atom is 0.320 e. The van der Waals surface area contributed by atoms with E-state index in [0.717, 1.165) is 10.8 Å². The van der Waals surface area contributed by atoms with Gasteiger partial charge in [-0.3, -0.25) is 19.6 Å². The molecule has 3 aromatic rings. The highest BCUT2D eigenvalue weighted by Gasteiger charge is 2.25. The van der Waals surface area contributed by atoms with Crippen LogP contribution in [0, 0.1) is 10.1 Å². The summed E-state index contributed by atoms with van der Waals surface area (Å²) in [6.07, 6.45) is 1.26. The third kappa shape index (κ3) is 2.76. The van der Waals surface area contributed by atoms with Gasteiger partial charge in [0, 0.05) is 17.6 Å². The van der Waals surface area contributed by atoms with E-state index in [4.69, 9.17) is 0 Å².